The Bertz CT molecular complexity index is 799. The van der Waals surface area contributed by atoms with E-state index in [0.29, 0.717) is 6.61 Å². The number of amides is 3. The van der Waals surface area contributed by atoms with E-state index in [1.54, 1.807) is 6.92 Å². The van der Waals surface area contributed by atoms with Gasteiger partial charge in [-0.1, -0.05) is 0 Å². The Morgan fingerprint density at radius 3 is 2.59 bits per heavy atom. The second-order valence-corrected chi connectivity index (χ2v) is 7.01. The fourth-order valence-electron chi connectivity index (χ4n) is 3.22. The smallest absolute Gasteiger partial charge is 0.308 e. The maximum Gasteiger partial charge on any atom is 0.308 e. The van der Waals surface area contributed by atoms with E-state index < -0.39 is 29.7 Å². The number of benzene rings is 1. The number of imide groups is 1. The molecule has 3 rings (SSSR count). The van der Waals surface area contributed by atoms with Crippen LogP contribution < -0.4 is 5.32 Å². The van der Waals surface area contributed by atoms with Gasteiger partial charge in [-0.2, -0.15) is 0 Å². The van der Waals surface area contributed by atoms with Crippen LogP contribution in [0.2, 0.25) is 0 Å². The lowest BCUT2D eigenvalue weighted by atomic mass is 10.0. The number of hydrogen-bond acceptors (Lipinski definition) is 5. The lowest BCUT2D eigenvalue weighted by molar-refractivity contribution is -0.141. The lowest BCUT2D eigenvalue weighted by Crippen LogP contribution is -2.40. The Morgan fingerprint density at radius 1 is 1.26 bits per heavy atom. The summed E-state index contributed by atoms with van der Waals surface area (Å²) < 4.78 is 5.50. The van der Waals surface area contributed by atoms with Crippen LogP contribution in [0.1, 0.15) is 57.8 Å². The number of nitrogens with zero attached hydrogens (tertiary/aromatic N) is 1. The van der Waals surface area contributed by atoms with Crippen LogP contribution in [0.15, 0.2) is 18.2 Å². The molecule has 0 radical (unpaired) electrons. The van der Waals surface area contributed by atoms with Gasteiger partial charge >= 0.3 is 5.97 Å². The van der Waals surface area contributed by atoms with Crippen molar-refractivity contribution in [1.82, 2.24) is 10.2 Å². The van der Waals surface area contributed by atoms with Crippen LogP contribution in [0.5, 0.6) is 0 Å². The van der Waals surface area contributed by atoms with Gasteiger partial charge in [0.25, 0.3) is 17.7 Å². The molecule has 8 nitrogen and oxygen atoms in total. The highest BCUT2D eigenvalue weighted by Crippen LogP contribution is 2.26. The van der Waals surface area contributed by atoms with Gasteiger partial charge in [0.2, 0.25) is 0 Å². The Morgan fingerprint density at radius 2 is 1.96 bits per heavy atom. The molecule has 3 unspecified atom stereocenters. The van der Waals surface area contributed by atoms with Crippen LogP contribution >= 0.6 is 0 Å². The number of nitrogens with one attached hydrogen (secondary N) is 1. The van der Waals surface area contributed by atoms with Gasteiger partial charge in [-0.15, -0.1) is 0 Å². The zero-order chi connectivity index (χ0) is 19.7. The molecule has 3 amide bonds. The SMILES string of the molecule is CC(NC(=O)c1ccc2c(c1)C(=O)N(CC1CCCO1)C2=O)C(C)C(=O)O. The summed E-state index contributed by atoms with van der Waals surface area (Å²) in [6.45, 7) is 3.94. The number of carboxylic acids is 1. The van der Waals surface area contributed by atoms with Gasteiger partial charge in [0, 0.05) is 18.2 Å². The molecule has 0 aromatic heterocycles. The van der Waals surface area contributed by atoms with Crippen LogP contribution in [0.25, 0.3) is 0 Å². The van der Waals surface area contributed by atoms with E-state index >= 15 is 0 Å². The van der Waals surface area contributed by atoms with Gasteiger partial charge in [0.1, 0.15) is 0 Å². The summed E-state index contributed by atoms with van der Waals surface area (Å²) in [7, 11) is 0. The van der Waals surface area contributed by atoms with Crippen LogP contribution in [-0.4, -0.2) is 59.0 Å². The molecule has 1 fully saturated rings. The Kier molecular flexibility index (Phi) is 5.27. The molecule has 2 heterocycles. The molecule has 144 valence electrons. The summed E-state index contributed by atoms with van der Waals surface area (Å²) in [4.78, 5) is 49.7. The van der Waals surface area contributed by atoms with Gasteiger partial charge in [-0.25, -0.2) is 0 Å². The third-order valence-electron chi connectivity index (χ3n) is 5.14. The van der Waals surface area contributed by atoms with Gasteiger partial charge in [-0.05, 0) is 44.9 Å². The highest BCUT2D eigenvalue weighted by molar-refractivity contribution is 6.22. The molecule has 1 aromatic rings. The normalized spacial score (nSPS) is 21.1. The highest BCUT2D eigenvalue weighted by Gasteiger charge is 2.38. The zero-order valence-electron chi connectivity index (χ0n) is 15.2. The van der Waals surface area contributed by atoms with Crippen molar-refractivity contribution < 1.29 is 29.0 Å². The van der Waals surface area contributed by atoms with Gasteiger partial charge in [0.15, 0.2) is 0 Å². The van der Waals surface area contributed by atoms with Crippen LogP contribution in [0.3, 0.4) is 0 Å². The molecule has 8 heteroatoms. The Labute approximate surface area is 156 Å². The second kappa shape index (κ2) is 7.48. The van der Waals surface area contributed by atoms with Crippen molar-refractivity contribution in [1.29, 1.82) is 0 Å². The van der Waals surface area contributed by atoms with Gasteiger partial charge < -0.3 is 15.2 Å². The lowest BCUT2D eigenvalue weighted by Gasteiger charge is -2.18. The minimum Gasteiger partial charge on any atom is -0.481 e. The summed E-state index contributed by atoms with van der Waals surface area (Å²) in [6, 6.07) is 3.73. The number of carboxylic acid groups (broad SMARTS) is 1. The van der Waals surface area contributed by atoms with E-state index in [2.05, 4.69) is 5.32 Å². The first-order valence-electron chi connectivity index (χ1n) is 8.95. The van der Waals surface area contributed by atoms with Crippen molar-refractivity contribution in [3.8, 4) is 0 Å². The second-order valence-electron chi connectivity index (χ2n) is 7.01. The van der Waals surface area contributed by atoms with E-state index in [1.807, 2.05) is 0 Å². The predicted octanol–water partition coefficient (Wildman–Crippen LogP) is 1.30. The minimum absolute atomic E-state index is 0.145. The Hall–Kier alpha value is -2.74. The van der Waals surface area contributed by atoms with Crippen LogP contribution in [0.4, 0.5) is 0 Å². The monoisotopic (exact) mass is 374 g/mol. The molecule has 2 N–H and O–H groups in total. The number of aliphatic carboxylic acids is 1. The molecule has 27 heavy (non-hydrogen) atoms. The summed E-state index contributed by atoms with van der Waals surface area (Å²) in [5.41, 5.74) is 0.657. The highest BCUT2D eigenvalue weighted by atomic mass is 16.5. The number of hydrogen-bond donors (Lipinski definition) is 2. The van der Waals surface area contributed by atoms with Crippen LogP contribution in [0, 0.1) is 5.92 Å². The predicted molar refractivity (Wildman–Crippen MR) is 94.5 cm³/mol. The largest absolute Gasteiger partial charge is 0.481 e. The summed E-state index contributed by atoms with van der Waals surface area (Å²) in [5, 5.41) is 11.6. The van der Waals surface area contributed by atoms with Crippen molar-refractivity contribution in [3.63, 3.8) is 0 Å². The minimum atomic E-state index is -1.01. The van der Waals surface area contributed by atoms with E-state index in [-0.39, 0.29) is 35.2 Å². The number of carbonyl (C=O) groups excluding carboxylic acids is 3. The van der Waals surface area contributed by atoms with Gasteiger partial charge in [-0.3, -0.25) is 24.1 Å². The number of rotatable bonds is 6. The van der Waals surface area contributed by atoms with E-state index in [1.165, 1.54) is 25.1 Å². The zero-order valence-corrected chi connectivity index (χ0v) is 15.2. The maximum absolute atomic E-state index is 12.6. The van der Waals surface area contributed by atoms with E-state index in [4.69, 9.17) is 9.84 Å². The first-order chi connectivity index (χ1) is 12.8. The number of fused-ring (bicyclic) bond motifs is 1. The molecule has 2 aliphatic heterocycles. The topological polar surface area (TPSA) is 113 Å². The third kappa shape index (κ3) is 3.71. The molecule has 1 aromatic carbocycles. The summed E-state index contributed by atoms with van der Waals surface area (Å²) in [5.74, 6) is -3.08. The maximum atomic E-state index is 12.6. The average molecular weight is 374 g/mol. The van der Waals surface area contributed by atoms with Crippen molar-refractivity contribution >= 4 is 23.7 Å². The van der Waals surface area contributed by atoms with Crippen molar-refractivity contribution in [2.24, 2.45) is 5.92 Å². The average Bonchev–Trinajstić information content (AvgIpc) is 3.23. The fourth-order valence-corrected chi connectivity index (χ4v) is 3.22. The molecular formula is C19H22N2O6. The number of ether oxygens (including phenoxy) is 1. The first-order valence-corrected chi connectivity index (χ1v) is 8.95. The first kappa shape index (κ1) is 19.0. The molecule has 3 atom stereocenters. The van der Waals surface area contributed by atoms with Crippen molar-refractivity contribution in [2.75, 3.05) is 13.2 Å². The van der Waals surface area contributed by atoms with Crippen LogP contribution in [-0.2, 0) is 9.53 Å². The van der Waals surface area contributed by atoms with E-state index in [0.717, 1.165) is 17.7 Å². The fraction of sp³-hybridized carbons (Fsp3) is 0.474. The van der Waals surface area contributed by atoms with E-state index in [9.17, 15) is 19.2 Å². The van der Waals surface area contributed by atoms with Crippen molar-refractivity contribution in [3.05, 3.63) is 34.9 Å². The number of carbonyl (C=O) groups is 4. The molecule has 0 bridgehead atoms. The molecule has 1 saturated heterocycles. The standard InChI is InChI=1S/C19H22N2O6/c1-10(19(25)26)11(2)20-16(22)12-5-6-14-15(8-12)18(24)21(17(14)23)9-13-4-3-7-27-13/h5-6,8,10-11,13H,3-4,7,9H2,1-2H3,(H,20,22)(H,25,26). The molecule has 0 saturated carbocycles. The molecule has 0 spiro atoms. The molecule has 0 aliphatic carbocycles. The quantitative estimate of drug-likeness (QED) is 0.726. The third-order valence-corrected chi connectivity index (χ3v) is 5.14. The summed E-state index contributed by atoms with van der Waals surface area (Å²) >= 11 is 0. The summed E-state index contributed by atoms with van der Waals surface area (Å²) in [6.07, 6.45) is 1.57. The molecular weight excluding hydrogens is 352 g/mol. The van der Waals surface area contributed by atoms with Crippen molar-refractivity contribution in [2.45, 2.75) is 38.8 Å². The molecule has 2 aliphatic rings. The van der Waals surface area contributed by atoms with Gasteiger partial charge in [0.05, 0.1) is 29.7 Å². The Balaban J connectivity index is 1.75.